The molecule has 0 saturated carbocycles. The molecule has 1 aromatic carbocycles. The fraction of sp³-hybridized carbons (Fsp3) is 0.364. The second-order valence-corrected chi connectivity index (χ2v) is 7.36. The molecular weight excluding hydrogens is 366 g/mol. The molecule has 0 bridgehead atoms. The summed E-state index contributed by atoms with van der Waals surface area (Å²) < 4.78 is 1.73. The predicted molar refractivity (Wildman–Crippen MR) is 111 cm³/mol. The van der Waals surface area contributed by atoms with Gasteiger partial charge in [-0.15, -0.1) is 0 Å². The van der Waals surface area contributed by atoms with Gasteiger partial charge in [-0.3, -0.25) is 14.3 Å². The van der Waals surface area contributed by atoms with Gasteiger partial charge in [0, 0.05) is 45.2 Å². The van der Waals surface area contributed by atoms with Gasteiger partial charge in [-0.1, -0.05) is 37.3 Å². The number of nitrogens with zero attached hydrogens (tertiary/aromatic N) is 5. The zero-order chi connectivity index (χ0) is 20.5. The standard InChI is InChI=1S/C22H25N5O2/c1-4-19(28)26-10-12-27(13-11-26)22(29)17-14-18(16-8-6-5-7-9-16)23-21-20(17)15(2)24-25(21)3/h5-9,14H,4,10-13H2,1-3H3. The number of hydrogen-bond acceptors (Lipinski definition) is 4. The molecular formula is C22H25N5O2. The Morgan fingerprint density at radius 1 is 1.03 bits per heavy atom. The molecule has 0 spiro atoms. The molecule has 0 unspecified atom stereocenters. The van der Waals surface area contributed by atoms with E-state index in [1.54, 1.807) is 4.68 Å². The smallest absolute Gasteiger partial charge is 0.254 e. The van der Waals surface area contributed by atoms with Gasteiger partial charge in [0.05, 0.1) is 22.3 Å². The Morgan fingerprint density at radius 2 is 1.69 bits per heavy atom. The maximum absolute atomic E-state index is 13.5. The highest BCUT2D eigenvalue weighted by Crippen LogP contribution is 2.28. The summed E-state index contributed by atoms with van der Waals surface area (Å²) in [6.07, 6.45) is 0.494. The molecule has 3 heterocycles. The Hall–Kier alpha value is -3.22. The average Bonchev–Trinajstić information content (AvgIpc) is 3.06. The first kappa shape index (κ1) is 19.1. The first-order valence-electron chi connectivity index (χ1n) is 9.96. The number of amides is 2. The van der Waals surface area contributed by atoms with Crippen molar-refractivity contribution < 1.29 is 9.59 Å². The number of rotatable bonds is 3. The van der Waals surface area contributed by atoms with E-state index in [1.807, 2.05) is 67.1 Å². The molecule has 1 aliphatic rings. The lowest BCUT2D eigenvalue weighted by Gasteiger charge is -2.34. The summed E-state index contributed by atoms with van der Waals surface area (Å²) in [5.41, 5.74) is 3.82. The highest BCUT2D eigenvalue weighted by molar-refractivity contribution is 6.07. The normalized spacial score (nSPS) is 14.4. The largest absolute Gasteiger partial charge is 0.339 e. The molecule has 1 saturated heterocycles. The number of aryl methyl sites for hydroxylation is 2. The second kappa shape index (κ2) is 7.66. The van der Waals surface area contributed by atoms with Gasteiger partial charge in [0.15, 0.2) is 5.65 Å². The third-order valence-corrected chi connectivity index (χ3v) is 5.49. The van der Waals surface area contributed by atoms with Crippen molar-refractivity contribution >= 4 is 22.8 Å². The molecule has 150 valence electrons. The SMILES string of the molecule is CCC(=O)N1CCN(C(=O)c2cc(-c3ccccc3)nc3c2c(C)nn3C)CC1. The molecule has 1 fully saturated rings. The molecule has 4 rings (SSSR count). The molecule has 0 N–H and O–H groups in total. The van der Waals surface area contributed by atoms with Crippen LogP contribution in [0.4, 0.5) is 0 Å². The third kappa shape index (κ3) is 3.48. The molecule has 1 aliphatic heterocycles. The number of piperazine rings is 1. The van der Waals surface area contributed by atoms with Gasteiger partial charge in [0.1, 0.15) is 0 Å². The molecule has 7 nitrogen and oxygen atoms in total. The minimum absolute atomic E-state index is 0.0331. The van der Waals surface area contributed by atoms with Crippen LogP contribution in [-0.4, -0.2) is 62.6 Å². The minimum Gasteiger partial charge on any atom is -0.339 e. The van der Waals surface area contributed by atoms with Crippen LogP contribution in [0.1, 0.15) is 29.4 Å². The summed E-state index contributed by atoms with van der Waals surface area (Å²) in [4.78, 5) is 33.8. The number of carbonyl (C=O) groups excluding carboxylic acids is 2. The number of carbonyl (C=O) groups is 2. The fourth-order valence-corrected chi connectivity index (χ4v) is 3.92. The second-order valence-electron chi connectivity index (χ2n) is 7.36. The highest BCUT2D eigenvalue weighted by Gasteiger charge is 2.27. The van der Waals surface area contributed by atoms with Crippen LogP contribution in [0.5, 0.6) is 0 Å². The Morgan fingerprint density at radius 3 is 2.34 bits per heavy atom. The summed E-state index contributed by atoms with van der Waals surface area (Å²) in [6.45, 7) is 5.99. The van der Waals surface area contributed by atoms with Gasteiger partial charge in [0.25, 0.3) is 5.91 Å². The van der Waals surface area contributed by atoms with Crippen molar-refractivity contribution in [3.8, 4) is 11.3 Å². The van der Waals surface area contributed by atoms with Gasteiger partial charge < -0.3 is 9.80 Å². The van der Waals surface area contributed by atoms with Gasteiger partial charge in [-0.25, -0.2) is 4.98 Å². The van der Waals surface area contributed by atoms with Crippen LogP contribution in [0.3, 0.4) is 0 Å². The highest BCUT2D eigenvalue weighted by atomic mass is 16.2. The van der Waals surface area contributed by atoms with E-state index < -0.39 is 0 Å². The van der Waals surface area contributed by atoms with Crippen LogP contribution in [0.25, 0.3) is 22.3 Å². The van der Waals surface area contributed by atoms with Gasteiger partial charge in [-0.05, 0) is 13.0 Å². The summed E-state index contributed by atoms with van der Waals surface area (Å²) in [5.74, 6) is 0.104. The van der Waals surface area contributed by atoms with Crippen LogP contribution < -0.4 is 0 Å². The van der Waals surface area contributed by atoms with E-state index in [1.165, 1.54) is 0 Å². The van der Waals surface area contributed by atoms with Crippen LogP contribution in [-0.2, 0) is 11.8 Å². The molecule has 0 radical (unpaired) electrons. The lowest BCUT2D eigenvalue weighted by Crippen LogP contribution is -2.50. The van der Waals surface area contributed by atoms with Crippen molar-refractivity contribution in [1.29, 1.82) is 0 Å². The molecule has 0 aliphatic carbocycles. The van der Waals surface area contributed by atoms with Crippen molar-refractivity contribution in [2.24, 2.45) is 7.05 Å². The topological polar surface area (TPSA) is 71.3 Å². The third-order valence-electron chi connectivity index (χ3n) is 5.49. The molecule has 0 atom stereocenters. The lowest BCUT2D eigenvalue weighted by molar-refractivity contribution is -0.132. The first-order valence-corrected chi connectivity index (χ1v) is 9.96. The number of pyridine rings is 1. The maximum Gasteiger partial charge on any atom is 0.254 e. The lowest BCUT2D eigenvalue weighted by atomic mass is 10.0. The van der Waals surface area contributed by atoms with Crippen molar-refractivity contribution in [3.05, 3.63) is 47.7 Å². The van der Waals surface area contributed by atoms with Crippen LogP contribution in [0.2, 0.25) is 0 Å². The van der Waals surface area contributed by atoms with E-state index in [4.69, 9.17) is 4.98 Å². The van der Waals surface area contributed by atoms with Crippen LogP contribution in [0, 0.1) is 6.92 Å². The van der Waals surface area contributed by atoms with Crippen molar-refractivity contribution in [2.45, 2.75) is 20.3 Å². The van der Waals surface area contributed by atoms with E-state index in [0.717, 1.165) is 22.3 Å². The first-order chi connectivity index (χ1) is 14.0. The van der Waals surface area contributed by atoms with Crippen molar-refractivity contribution in [1.82, 2.24) is 24.6 Å². The van der Waals surface area contributed by atoms with E-state index in [2.05, 4.69) is 5.10 Å². The Bertz CT molecular complexity index is 1070. The average molecular weight is 391 g/mol. The Labute approximate surface area is 169 Å². The maximum atomic E-state index is 13.5. The summed E-state index contributed by atoms with van der Waals surface area (Å²) in [5, 5.41) is 5.29. The molecule has 29 heavy (non-hydrogen) atoms. The summed E-state index contributed by atoms with van der Waals surface area (Å²) in [7, 11) is 1.85. The minimum atomic E-state index is -0.0331. The fourth-order valence-electron chi connectivity index (χ4n) is 3.92. The number of aromatic nitrogens is 3. The molecule has 7 heteroatoms. The van der Waals surface area contributed by atoms with Crippen LogP contribution >= 0.6 is 0 Å². The zero-order valence-corrected chi connectivity index (χ0v) is 17.1. The van der Waals surface area contributed by atoms with Gasteiger partial charge >= 0.3 is 0 Å². The van der Waals surface area contributed by atoms with E-state index in [0.29, 0.717) is 43.8 Å². The summed E-state index contributed by atoms with van der Waals surface area (Å²) >= 11 is 0. The van der Waals surface area contributed by atoms with Crippen LogP contribution in [0.15, 0.2) is 36.4 Å². The van der Waals surface area contributed by atoms with Gasteiger partial charge in [0.2, 0.25) is 5.91 Å². The summed E-state index contributed by atoms with van der Waals surface area (Å²) in [6, 6.07) is 11.7. The van der Waals surface area contributed by atoms with Crippen molar-refractivity contribution in [3.63, 3.8) is 0 Å². The Kier molecular flexibility index (Phi) is 5.05. The predicted octanol–water partition coefficient (Wildman–Crippen LogP) is 2.64. The van der Waals surface area contributed by atoms with Crippen molar-refractivity contribution in [2.75, 3.05) is 26.2 Å². The number of fused-ring (bicyclic) bond motifs is 1. The number of benzene rings is 1. The number of hydrogen-bond donors (Lipinski definition) is 0. The van der Waals surface area contributed by atoms with E-state index in [9.17, 15) is 9.59 Å². The quantitative estimate of drug-likeness (QED) is 0.688. The van der Waals surface area contributed by atoms with Gasteiger partial charge in [-0.2, -0.15) is 5.10 Å². The molecule has 3 aromatic rings. The molecule has 2 amide bonds. The Balaban J connectivity index is 1.73. The van der Waals surface area contributed by atoms with E-state index in [-0.39, 0.29) is 11.8 Å². The molecule has 2 aromatic heterocycles. The van der Waals surface area contributed by atoms with E-state index >= 15 is 0 Å². The zero-order valence-electron chi connectivity index (χ0n) is 17.1. The monoisotopic (exact) mass is 391 g/mol.